The number of halogens is 1. The molecule has 0 saturated carbocycles. The molecule has 0 aliphatic rings. The summed E-state index contributed by atoms with van der Waals surface area (Å²) in [6, 6.07) is 3.67. The van der Waals surface area contributed by atoms with E-state index in [1.54, 1.807) is 6.92 Å². The summed E-state index contributed by atoms with van der Waals surface area (Å²) in [4.78, 5) is 10.3. The van der Waals surface area contributed by atoms with Crippen LogP contribution in [-0.4, -0.2) is 14.3 Å². The van der Waals surface area contributed by atoms with Crippen molar-refractivity contribution in [2.45, 2.75) is 18.7 Å². The fourth-order valence-electron chi connectivity index (χ4n) is 1.08. The topological polar surface area (TPSA) is 63.2 Å². The summed E-state index contributed by atoms with van der Waals surface area (Å²) in [6.07, 6.45) is 0. The van der Waals surface area contributed by atoms with E-state index in [9.17, 15) is 17.1 Å². The van der Waals surface area contributed by atoms with Crippen molar-refractivity contribution in [3.05, 3.63) is 23.8 Å². The molecule has 0 aliphatic carbocycles. The first-order valence-corrected chi connectivity index (χ1v) is 5.52. The standard InChI is InChI=1S/C9H10FNO3S/c1-6-3-4-8(15(10,13)14)5-9(6)11-7(2)12/h3-5H,1-2H3,(H,11,12). The lowest BCUT2D eigenvalue weighted by atomic mass is 10.2. The van der Waals surface area contributed by atoms with Crippen molar-refractivity contribution >= 4 is 21.8 Å². The third-order valence-corrected chi connectivity index (χ3v) is 2.62. The summed E-state index contributed by atoms with van der Waals surface area (Å²) in [5.41, 5.74) is 0.957. The summed E-state index contributed by atoms with van der Waals surface area (Å²) in [5, 5.41) is 2.42. The summed E-state index contributed by atoms with van der Waals surface area (Å²) < 4.78 is 33.8. The van der Waals surface area contributed by atoms with Crippen molar-refractivity contribution in [3.63, 3.8) is 0 Å². The Bertz CT molecular complexity index is 496. The van der Waals surface area contributed by atoms with Gasteiger partial charge in [0, 0.05) is 12.6 Å². The minimum atomic E-state index is -4.73. The van der Waals surface area contributed by atoms with Crippen molar-refractivity contribution in [1.82, 2.24) is 0 Å². The maximum atomic E-state index is 12.6. The second-order valence-corrected chi connectivity index (χ2v) is 4.44. The molecule has 0 atom stereocenters. The lowest BCUT2D eigenvalue weighted by Crippen LogP contribution is -2.07. The zero-order valence-electron chi connectivity index (χ0n) is 8.24. The molecule has 1 rings (SSSR count). The summed E-state index contributed by atoms with van der Waals surface area (Å²) in [5.74, 6) is -0.341. The van der Waals surface area contributed by atoms with Gasteiger partial charge in [-0.15, -0.1) is 3.89 Å². The molecule has 82 valence electrons. The molecule has 4 nitrogen and oxygen atoms in total. The van der Waals surface area contributed by atoms with Crippen molar-refractivity contribution < 1.29 is 17.1 Å². The Balaban J connectivity index is 3.23. The third kappa shape index (κ3) is 3.02. The van der Waals surface area contributed by atoms with Gasteiger partial charge < -0.3 is 5.32 Å². The molecule has 0 bridgehead atoms. The Morgan fingerprint density at radius 1 is 1.40 bits per heavy atom. The van der Waals surface area contributed by atoms with Crippen LogP contribution in [0.15, 0.2) is 23.1 Å². The number of carbonyl (C=O) groups is 1. The molecule has 1 amide bonds. The third-order valence-electron chi connectivity index (χ3n) is 1.80. The van der Waals surface area contributed by atoms with E-state index in [2.05, 4.69) is 5.32 Å². The van der Waals surface area contributed by atoms with E-state index in [0.717, 1.165) is 12.1 Å². The second-order valence-electron chi connectivity index (χ2n) is 3.10. The molecule has 0 fully saturated rings. The SMILES string of the molecule is CC(=O)Nc1cc(S(=O)(=O)F)ccc1C. The summed E-state index contributed by atoms with van der Waals surface area (Å²) in [6.45, 7) is 2.97. The van der Waals surface area contributed by atoms with Crippen LogP contribution < -0.4 is 5.32 Å². The van der Waals surface area contributed by atoms with Gasteiger partial charge >= 0.3 is 10.2 Å². The molecule has 1 aromatic carbocycles. The lowest BCUT2D eigenvalue weighted by Gasteiger charge is -2.06. The highest BCUT2D eigenvalue weighted by molar-refractivity contribution is 7.86. The first kappa shape index (κ1) is 11.6. The maximum absolute atomic E-state index is 12.6. The van der Waals surface area contributed by atoms with E-state index in [-0.39, 0.29) is 5.91 Å². The summed E-state index contributed by atoms with van der Waals surface area (Å²) in [7, 11) is -4.73. The molecule has 0 aromatic heterocycles. The normalized spacial score (nSPS) is 11.1. The van der Waals surface area contributed by atoms with Crippen molar-refractivity contribution in [3.8, 4) is 0 Å². The largest absolute Gasteiger partial charge is 0.332 e. The number of hydrogen-bond acceptors (Lipinski definition) is 3. The Morgan fingerprint density at radius 2 is 2.00 bits per heavy atom. The number of nitrogens with one attached hydrogen (secondary N) is 1. The minimum absolute atomic E-state index is 0.293. The van der Waals surface area contributed by atoms with Gasteiger partial charge in [0.25, 0.3) is 0 Å². The van der Waals surface area contributed by atoms with Crippen LogP contribution in [0, 0.1) is 6.92 Å². The zero-order chi connectivity index (χ0) is 11.6. The molecule has 0 heterocycles. The molecular weight excluding hydrogens is 221 g/mol. The van der Waals surface area contributed by atoms with Crippen molar-refractivity contribution in [1.29, 1.82) is 0 Å². The predicted molar refractivity (Wildman–Crippen MR) is 53.8 cm³/mol. The number of benzene rings is 1. The van der Waals surface area contributed by atoms with E-state index >= 15 is 0 Å². The van der Waals surface area contributed by atoms with Gasteiger partial charge in [0.15, 0.2) is 0 Å². The van der Waals surface area contributed by atoms with Gasteiger partial charge in [-0.05, 0) is 24.6 Å². The van der Waals surface area contributed by atoms with Crippen molar-refractivity contribution in [2.24, 2.45) is 0 Å². The molecule has 15 heavy (non-hydrogen) atoms. The Morgan fingerprint density at radius 3 is 2.47 bits per heavy atom. The highest BCUT2D eigenvalue weighted by Gasteiger charge is 2.13. The van der Waals surface area contributed by atoms with Gasteiger partial charge in [-0.3, -0.25) is 4.79 Å². The van der Waals surface area contributed by atoms with Crippen LogP contribution in [0.25, 0.3) is 0 Å². The van der Waals surface area contributed by atoms with Crippen LogP contribution in [0.5, 0.6) is 0 Å². The first-order chi connectivity index (χ1) is 6.80. The number of rotatable bonds is 2. The van der Waals surface area contributed by atoms with Crippen LogP contribution in [0.3, 0.4) is 0 Å². The van der Waals surface area contributed by atoms with Gasteiger partial charge in [-0.2, -0.15) is 8.42 Å². The quantitative estimate of drug-likeness (QED) is 0.786. The Labute approximate surface area is 87.3 Å². The van der Waals surface area contributed by atoms with E-state index in [1.165, 1.54) is 13.0 Å². The average molecular weight is 231 g/mol. The number of hydrogen-bond donors (Lipinski definition) is 1. The smallest absolute Gasteiger partial charge is 0.326 e. The molecule has 0 saturated heterocycles. The number of anilines is 1. The van der Waals surface area contributed by atoms with Crippen LogP contribution in [0.2, 0.25) is 0 Å². The molecule has 1 aromatic rings. The first-order valence-electron chi connectivity index (χ1n) is 4.13. The van der Waals surface area contributed by atoms with Gasteiger partial charge in [-0.1, -0.05) is 6.07 Å². The lowest BCUT2D eigenvalue weighted by molar-refractivity contribution is -0.114. The molecule has 1 N–H and O–H groups in total. The van der Waals surface area contributed by atoms with E-state index in [4.69, 9.17) is 0 Å². The van der Waals surface area contributed by atoms with Crippen molar-refractivity contribution in [2.75, 3.05) is 5.32 Å². The molecule has 0 spiro atoms. The second kappa shape index (κ2) is 3.98. The number of carbonyl (C=O) groups excluding carboxylic acids is 1. The Hall–Kier alpha value is -1.43. The van der Waals surface area contributed by atoms with Gasteiger partial charge in [0.1, 0.15) is 4.90 Å². The van der Waals surface area contributed by atoms with Crippen LogP contribution in [0.4, 0.5) is 9.57 Å². The summed E-state index contributed by atoms with van der Waals surface area (Å²) >= 11 is 0. The molecule has 0 radical (unpaired) electrons. The van der Waals surface area contributed by atoms with Crippen LogP contribution in [0.1, 0.15) is 12.5 Å². The van der Waals surface area contributed by atoms with E-state index in [1.807, 2.05) is 0 Å². The Kier molecular flexibility index (Phi) is 3.09. The fourth-order valence-corrected chi connectivity index (χ4v) is 1.57. The highest BCUT2D eigenvalue weighted by atomic mass is 32.3. The number of amides is 1. The van der Waals surface area contributed by atoms with Gasteiger partial charge in [0.05, 0.1) is 0 Å². The van der Waals surface area contributed by atoms with E-state index < -0.39 is 15.1 Å². The van der Waals surface area contributed by atoms with Gasteiger partial charge in [-0.25, -0.2) is 0 Å². The molecular formula is C9H10FNO3S. The van der Waals surface area contributed by atoms with Gasteiger partial charge in [0.2, 0.25) is 5.91 Å². The highest BCUT2D eigenvalue weighted by Crippen LogP contribution is 2.21. The number of aryl methyl sites for hydroxylation is 1. The van der Waals surface area contributed by atoms with Crippen LogP contribution >= 0.6 is 0 Å². The minimum Gasteiger partial charge on any atom is -0.326 e. The molecule has 6 heteroatoms. The predicted octanol–water partition coefficient (Wildman–Crippen LogP) is 1.61. The maximum Gasteiger partial charge on any atom is 0.332 e. The molecule has 0 aliphatic heterocycles. The van der Waals surface area contributed by atoms with E-state index in [0.29, 0.717) is 11.3 Å². The molecule has 0 unspecified atom stereocenters. The monoisotopic (exact) mass is 231 g/mol. The fraction of sp³-hybridized carbons (Fsp3) is 0.222. The zero-order valence-corrected chi connectivity index (χ0v) is 9.06. The van der Waals surface area contributed by atoms with Crippen LogP contribution in [-0.2, 0) is 15.0 Å². The average Bonchev–Trinajstić information content (AvgIpc) is 2.06.